The van der Waals surface area contributed by atoms with Crippen LogP contribution in [0.1, 0.15) is 48.5 Å². The molecule has 0 aliphatic carbocycles. The fraction of sp³-hybridized carbons (Fsp3) is 0.300. The lowest BCUT2D eigenvalue weighted by Crippen LogP contribution is -2.17. The summed E-state index contributed by atoms with van der Waals surface area (Å²) in [6, 6.07) is 9.16. The maximum Gasteiger partial charge on any atom is 0.338 e. The number of ether oxygens (including phenoxy) is 1. The lowest BCUT2D eigenvalue weighted by molar-refractivity contribution is 0.0474. The van der Waals surface area contributed by atoms with Gasteiger partial charge in [-0.1, -0.05) is 23.8 Å². The Kier molecular flexibility index (Phi) is 4.99. The van der Waals surface area contributed by atoms with Crippen molar-refractivity contribution < 1.29 is 14.3 Å². The number of hydrogen-bond acceptors (Lipinski definition) is 3. The molecular weight excluding hydrogens is 288 g/mol. The van der Waals surface area contributed by atoms with Crippen LogP contribution in [0.2, 0.25) is 0 Å². The summed E-state index contributed by atoms with van der Waals surface area (Å²) < 4.78 is 5.19. The molecule has 0 bridgehead atoms. The molecule has 2 aromatic rings. The van der Waals surface area contributed by atoms with E-state index in [1.807, 2.05) is 46.8 Å². The first-order valence-corrected chi connectivity index (χ1v) is 7.65. The lowest BCUT2D eigenvalue weighted by Gasteiger charge is -2.14. The third-order valence-electron chi connectivity index (χ3n) is 4.27. The van der Waals surface area contributed by atoms with Crippen molar-refractivity contribution >= 4 is 11.8 Å². The van der Waals surface area contributed by atoms with Crippen molar-refractivity contribution in [2.24, 2.45) is 0 Å². The van der Waals surface area contributed by atoms with Crippen molar-refractivity contribution in [3.63, 3.8) is 0 Å². The van der Waals surface area contributed by atoms with Crippen LogP contribution in [-0.2, 0) is 4.74 Å². The Bertz CT molecular complexity index is 729. The Morgan fingerprint density at radius 3 is 1.91 bits per heavy atom. The second kappa shape index (κ2) is 6.78. The van der Waals surface area contributed by atoms with Gasteiger partial charge in [-0.15, -0.1) is 0 Å². The molecule has 0 atom stereocenters. The molecule has 0 unspecified atom stereocenters. The number of ketones is 1. The third-order valence-corrected chi connectivity index (χ3v) is 4.27. The average molecular weight is 310 g/mol. The van der Waals surface area contributed by atoms with E-state index in [1.54, 1.807) is 12.1 Å². The van der Waals surface area contributed by atoms with Gasteiger partial charge in [0.15, 0.2) is 6.61 Å². The molecule has 2 rings (SSSR count). The zero-order valence-corrected chi connectivity index (χ0v) is 14.3. The van der Waals surface area contributed by atoms with Crippen LogP contribution in [0.15, 0.2) is 30.3 Å². The van der Waals surface area contributed by atoms with Crippen LogP contribution in [0.25, 0.3) is 0 Å². The maximum atomic E-state index is 12.5. The molecular formula is C20H22O3. The van der Waals surface area contributed by atoms with Crippen LogP contribution in [0.5, 0.6) is 0 Å². The SMILES string of the molecule is Cc1ccc(C(=O)OCC(=O)c2c(C)c(C)cc(C)c2C)cc1. The van der Waals surface area contributed by atoms with Gasteiger partial charge in [-0.3, -0.25) is 4.79 Å². The van der Waals surface area contributed by atoms with E-state index < -0.39 is 5.97 Å². The predicted octanol–water partition coefficient (Wildman–Crippen LogP) is 4.27. The second-order valence-electron chi connectivity index (χ2n) is 6.00. The average Bonchev–Trinajstić information content (AvgIpc) is 2.51. The van der Waals surface area contributed by atoms with E-state index in [9.17, 15) is 9.59 Å². The summed E-state index contributed by atoms with van der Waals surface area (Å²) in [5.41, 5.74) is 6.23. The minimum atomic E-state index is -0.474. The number of esters is 1. The van der Waals surface area contributed by atoms with Gasteiger partial charge >= 0.3 is 5.97 Å². The van der Waals surface area contributed by atoms with E-state index in [4.69, 9.17) is 4.74 Å². The van der Waals surface area contributed by atoms with Crippen molar-refractivity contribution in [3.8, 4) is 0 Å². The van der Waals surface area contributed by atoms with Gasteiger partial charge in [-0.25, -0.2) is 4.79 Å². The standard InChI is InChI=1S/C20H22O3/c1-12-6-8-17(9-7-12)20(22)23-11-18(21)19-15(4)13(2)10-14(3)16(19)5/h6-10H,11H2,1-5H3. The molecule has 23 heavy (non-hydrogen) atoms. The van der Waals surface area contributed by atoms with Gasteiger partial charge in [0, 0.05) is 5.56 Å². The molecule has 0 amide bonds. The monoisotopic (exact) mass is 310 g/mol. The van der Waals surface area contributed by atoms with Crippen LogP contribution in [0.4, 0.5) is 0 Å². The molecule has 0 N–H and O–H groups in total. The first-order valence-electron chi connectivity index (χ1n) is 7.65. The Morgan fingerprint density at radius 1 is 0.870 bits per heavy atom. The molecule has 0 heterocycles. The highest BCUT2D eigenvalue weighted by atomic mass is 16.5. The predicted molar refractivity (Wildman–Crippen MR) is 91.2 cm³/mol. The van der Waals surface area contributed by atoms with Gasteiger partial charge in [0.1, 0.15) is 0 Å². The minimum Gasteiger partial charge on any atom is -0.454 e. The highest BCUT2D eigenvalue weighted by Gasteiger charge is 2.18. The Balaban J connectivity index is 2.14. The Labute approximate surface area is 137 Å². The summed E-state index contributed by atoms with van der Waals surface area (Å²) in [6.45, 7) is 9.53. The number of benzene rings is 2. The van der Waals surface area contributed by atoms with Crippen LogP contribution >= 0.6 is 0 Å². The normalized spacial score (nSPS) is 10.5. The lowest BCUT2D eigenvalue weighted by atomic mass is 9.92. The van der Waals surface area contributed by atoms with Crippen molar-refractivity contribution in [2.45, 2.75) is 34.6 Å². The van der Waals surface area contributed by atoms with Crippen molar-refractivity contribution in [3.05, 3.63) is 69.3 Å². The molecule has 0 fully saturated rings. The highest BCUT2D eigenvalue weighted by molar-refractivity contribution is 6.02. The number of carbonyl (C=O) groups excluding carboxylic acids is 2. The van der Waals surface area contributed by atoms with E-state index in [1.165, 1.54) is 0 Å². The topological polar surface area (TPSA) is 43.4 Å². The summed E-state index contributed by atoms with van der Waals surface area (Å²) in [5.74, 6) is -0.634. The molecule has 120 valence electrons. The molecule has 0 aromatic heterocycles. The largest absolute Gasteiger partial charge is 0.454 e. The zero-order valence-electron chi connectivity index (χ0n) is 14.3. The van der Waals surface area contributed by atoms with E-state index in [0.29, 0.717) is 11.1 Å². The summed E-state index contributed by atoms with van der Waals surface area (Å²) in [7, 11) is 0. The van der Waals surface area contributed by atoms with Gasteiger partial charge in [0.05, 0.1) is 5.56 Å². The number of aryl methyl sites for hydroxylation is 3. The smallest absolute Gasteiger partial charge is 0.338 e. The first-order chi connectivity index (χ1) is 10.8. The molecule has 0 aliphatic rings. The van der Waals surface area contributed by atoms with E-state index >= 15 is 0 Å². The van der Waals surface area contributed by atoms with Crippen molar-refractivity contribution in [2.75, 3.05) is 6.61 Å². The number of rotatable bonds is 4. The summed E-state index contributed by atoms with van der Waals surface area (Å²) in [5, 5.41) is 0. The molecule has 0 saturated carbocycles. The van der Waals surface area contributed by atoms with Gasteiger partial charge in [-0.05, 0) is 69.0 Å². The van der Waals surface area contributed by atoms with E-state index in [2.05, 4.69) is 6.07 Å². The molecule has 0 radical (unpaired) electrons. The molecule has 0 aliphatic heterocycles. The van der Waals surface area contributed by atoms with E-state index in [-0.39, 0.29) is 12.4 Å². The summed E-state index contributed by atoms with van der Waals surface area (Å²) in [6.07, 6.45) is 0. The quantitative estimate of drug-likeness (QED) is 0.625. The second-order valence-corrected chi connectivity index (χ2v) is 6.00. The molecule has 2 aromatic carbocycles. The fourth-order valence-electron chi connectivity index (χ4n) is 2.61. The highest BCUT2D eigenvalue weighted by Crippen LogP contribution is 2.22. The molecule has 0 spiro atoms. The Morgan fingerprint density at radius 2 is 1.39 bits per heavy atom. The van der Waals surface area contributed by atoms with Crippen molar-refractivity contribution in [1.82, 2.24) is 0 Å². The summed E-state index contributed by atoms with van der Waals surface area (Å²) >= 11 is 0. The third kappa shape index (κ3) is 3.67. The van der Waals surface area contributed by atoms with Crippen LogP contribution in [0, 0.1) is 34.6 Å². The number of Topliss-reactive ketones (excluding diaryl/α,β-unsaturated/α-hetero) is 1. The maximum absolute atomic E-state index is 12.5. The Hall–Kier alpha value is -2.42. The van der Waals surface area contributed by atoms with Crippen LogP contribution < -0.4 is 0 Å². The van der Waals surface area contributed by atoms with Crippen LogP contribution in [-0.4, -0.2) is 18.4 Å². The summed E-state index contributed by atoms with van der Waals surface area (Å²) in [4.78, 5) is 24.5. The fourth-order valence-corrected chi connectivity index (χ4v) is 2.61. The number of carbonyl (C=O) groups is 2. The zero-order chi connectivity index (χ0) is 17.1. The van der Waals surface area contributed by atoms with Gasteiger partial charge < -0.3 is 4.74 Å². The molecule has 3 nitrogen and oxygen atoms in total. The van der Waals surface area contributed by atoms with Crippen molar-refractivity contribution in [1.29, 1.82) is 0 Å². The van der Waals surface area contributed by atoms with Gasteiger partial charge in [-0.2, -0.15) is 0 Å². The first kappa shape index (κ1) is 16.9. The van der Waals surface area contributed by atoms with Gasteiger partial charge in [0.2, 0.25) is 5.78 Å². The minimum absolute atomic E-state index is 0.160. The number of hydrogen-bond donors (Lipinski definition) is 0. The van der Waals surface area contributed by atoms with Crippen LogP contribution in [0.3, 0.4) is 0 Å². The molecule has 3 heteroatoms. The molecule has 0 saturated heterocycles. The van der Waals surface area contributed by atoms with Gasteiger partial charge in [0.25, 0.3) is 0 Å². The van der Waals surface area contributed by atoms with E-state index in [0.717, 1.165) is 27.8 Å².